The first-order valence-corrected chi connectivity index (χ1v) is 6.11. The number of nitrogens with two attached hydrogens (primary N) is 1. The molecular formula is C13H13N3S. The van der Waals surface area contributed by atoms with E-state index in [0.29, 0.717) is 11.0 Å². The molecule has 1 heterocycles. The van der Waals surface area contributed by atoms with Crippen LogP contribution in [-0.2, 0) is 0 Å². The average Bonchev–Trinajstić information content (AvgIpc) is 3.11. The SMILES string of the molecule is NC(=S)c1cc(NC2CC2)nc2ccccc12. The molecule has 0 aliphatic heterocycles. The van der Waals surface area contributed by atoms with Gasteiger partial charge in [0, 0.05) is 17.0 Å². The highest BCUT2D eigenvalue weighted by molar-refractivity contribution is 7.80. The largest absolute Gasteiger partial charge is 0.389 e. The van der Waals surface area contributed by atoms with Crippen molar-refractivity contribution in [3.05, 3.63) is 35.9 Å². The van der Waals surface area contributed by atoms with Crippen LogP contribution in [-0.4, -0.2) is 16.0 Å². The summed E-state index contributed by atoms with van der Waals surface area (Å²) < 4.78 is 0. The van der Waals surface area contributed by atoms with E-state index in [0.717, 1.165) is 22.3 Å². The van der Waals surface area contributed by atoms with E-state index >= 15 is 0 Å². The Labute approximate surface area is 105 Å². The molecule has 0 radical (unpaired) electrons. The van der Waals surface area contributed by atoms with E-state index in [1.54, 1.807) is 0 Å². The van der Waals surface area contributed by atoms with Crippen LogP contribution in [0.25, 0.3) is 10.9 Å². The van der Waals surface area contributed by atoms with Crippen LogP contribution in [0.4, 0.5) is 5.82 Å². The number of para-hydroxylation sites is 1. The summed E-state index contributed by atoms with van der Waals surface area (Å²) in [5.74, 6) is 0.869. The number of nitrogens with one attached hydrogen (secondary N) is 1. The second kappa shape index (κ2) is 3.96. The fourth-order valence-corrected chi connectivity index (χ4v) is 2.06. The summed E-state index contributed by atoms with van der Waals surface area (Å²) in [6.45, 7) is 0. The van der Waals surface area contributed by atoms with Crippen molar-refractivity contribution in [2.75, 3.05) is 5.32 Å². The van der Waals surface area contributed by atoms with Gasteiger partial charge >= 0.3 is 0 Å². The molecule has 1 aromatic heterocycles. The third-order valence-corrected chi connectivity index (χ3v) is 3.13. The summed E-state index contributed by atoms with van der Waals surface area (Å²) >= 11 is 5.10. The van der Waals surface area contributed by atoms with E-state index in [2.05, 4.69) is 10.3 Å². The highest BCUT2D eigenvalue weighted by Gasteiger charge is 2.21. The van der Waals surface area contributed by atoms with Crippen LogP contribution < -0.4 is 11.1 Å². The maximum atomic E-state index is 5.77. The Hall–Kier alpha value is -1.68. The van der Waals surface area contributed by atoms with Crippen LogP contribution in [0, 0.1) is 0 Å². The summed E-state index contributed by atoms with van der Waals surface area (Å²) in [5.41, 5.74) is 7.60. The predicted octanol–water partition coefficient (Wildman–Crippen LogP) is 2.44. The molecule has 86 valence electrons. The Morgan fingerprint density at radius 2 is 2.12 bits per heavy atom. The van der Waals surface area contributed by atoms with Crippen molar-refractivity contribution >= 4 is 33.9 Å². The van der Waals surface area contributed by atoms with Crippen LogP contribution in [0.3, 0.4) is 0 Å². The zero-order chi connectivity index (χ0) is 11.8. The number of rotatable bonds is 3. The second-order valence-electron chi connectivity index (χ2n) is 4.36. The Bertz CT molecular complexity index is 590. The molecule has 1 aliphatic rings. The van der Waals surface area contributed by atoms with Crippen LogP contribution in [0.5, 0.6) is 0 Å². The lowest BCUT2D eigenvalue weighted by Gasteiger charge is -2.09. The van der Waals surface area contributed by atoms with Gasteiger partial charge in [0.25, 0.3) is 0 Å². The first-order chi connectivity index (χ1) is 8.24. The monoisotopic (exact) mass is 243 g/mol. The number of fused-ring (bicyclic) bond motifs is 1. The molecule has 0 spiro atoms. The third kappa shape index (κ3) is 2.08. The zero-order valence-corrected chi connectivity index (χ0v) is 10.1. The number of hydrogen-bond acceptors (Lipinski definition) is 3. The van der Waals surface area contributed by atoms with Gasteiger partial charge in [-0.2, -0.15) is 0 Å². The van der Waals surface area contributed by atoms with Crippen LogP contribution in [0.2, 0.25) is 0 Å². The standard InChI is InChI=1S/C13H13N3S/c14-13(17)10-7-12(15-8-5-6-8)16-11-4-2-1-3-9(10)11/h1-4,7-8H,5-6H2,(H2,14,17)(H,15,16). The maximum Gasteiger partial charge on any atom is 0.127 e. The van der Waals surface area contributed by atoms with E-state index in [4.69, 9.17) is 18.0 Å². The molecular weight excluding hydrogens is 230 g/mol. The van der Waals surface area contributed by atoms with Crippen molar-refractivity contribution < 1.29 is 0 Å². The lowest BCUT2D eigenvalue weighted by molar-refractivity contribution is 1.12. The topological polar surface area (TPSA) is 50.9 Å². The normalized spacial score (nSPS) is 14.8. The quantitative estimate of drug-likeness (QED) is 0.813. The Kier molecular flexibility index (Phi) is 2.44. The highest BCUT2D eigenvalue weighted by Crippen LogP contribution is 2.26. The molecule has 0 saturated heterocycles. The van der Waals surface area contributed by atoms with Crippen molar-refractivity contribution in [1.29, 1.82) is 0 Å². The van der Waals surface area contributed by atoms with Crippen LogP contribution >= 0.6 is 12.2 Å². The van der Waals surface area contributed by atoms with Crippen molar-refractivity contribution in [2.45, 2.75) is 18.9 Å². The Morgan fingerprint density at radius 1 is 1.35 bits per heavy atom. The van der Waals surface area contributed by atoms with Gasteiger partial charge in [-0.3, -0.25) is 0 Å². The summed E-state index contributed by atoms with van der Waals surface area (Å²) in [6.07, 6.45) is 2.44. The van der Waals surface area contributed by atoms with E-state index in [1.807, 2.05) is 30.3 Å². The molecule has 4 heteroatoms. The van der Waals surface area contributed by atoms with Crippen LogP contribution in [0.15, 0.2) is 30.3 Å². The van der Waals surface area contributed by atoms with Crippen LogP contribution in [0.1, 0.15) is 18.4 Å². The van der Waals surface area contributed by atoms with Gasteiger partial charge in [-0.05, 0) is 25.0 Å². The molecule has 1 aliphatic carbocycles. The van der Waals surface area contributed by atoms with Gasteiger partial charge in [0.1, 0.15) is 10.8 Å². The van der Waals surface area contributed by atoms with Crippen molar-refractivity contribution in [1.82, 2.24) is 4.98 Å². The average molecular weight is 243 g/mol. The minimum Gasteiger partial charge on any atom is -0.389 e. The molecule has 0 atom stereocenters. The minimum absolute atomic E-state index is 0.419. The third-order valence-electron chi connectivity index (χ3n) is 2.91. The number of anilines is 1. The summed E-state index contributed by atoms with van der Waals surface area (Å²) in [4.78, 5) is 4.99. The predicted molar refractivity (Wildman–Crippen MR) is 74.3 cm³/mol. The molecule has 1 saturated carbocycles. The summed E-state index contributed by atoms with van der Waals surface area (Å²) in [7, 11) is 0. The minimum atomic E-state index is 0.419. The molecule has 3 rings (SSSR count). The first-order valence-electron chi connectivity index (χ1n) is 5.70. The number of thiocarbonyl (C=S) groups is 1. The smallest absolute Gasteiger partial charge is 0.127 e. The molecule has 0 bridgehead atoms. The number of hydrogen-bond donors (Lipinski definition) is 2. The van der Waals surface area contributed by atoms with Gasteiger partial charge in [0.2, 0.25) is 0 Å². The first kappa shape index (κ1) is 10.5. The lowest BCUT2D eigenvalue weighted by atomic mass is 10.1. The van der Waals surface area contributed by atoms with Gasteiger partial charge in [-0.25, -0.2) is 4.98 Å². The van der Waals surface area contributed by atoms with Crippen molar-refractivity contribution in [2.24, 2.45) is 5.73 Å². The molecule has 3 N–H and O–H groups in total. The van der Waals surface area contributed by atoms with E-state index in [1.165, 1.54) is 12.8 Å². The number of benzene rings is 1. The van der Waals surface area contributed by atoms with Gasteiger partial charge < -0.3 is 11.1 Å². The van der Waals surface area contributed by atoms with Gasteiger partial charge in [0.05, 0.1) is 5.52 Å². The number of aromatic nitrogens is 1. The van der Waals surface area contributed by atoms with Crippen molar-refractivity contribution in [3.8, 4) is 0 Å². The number of pyridine rings is 1. The Balaban J connectivity index is 2.15. The van der Waals surface area contributed by atoms with Gasteiger partial charge in [-0.15, -0.1) is 0 Å². The molecule has 2 aromatic rings. The molecule has 1 fully saturated rings. The molecule has 0 unspecified atom stereocenters. The second-order valence-corrected chi connectivity index (χ2v) is 4.79. The Morgan fingerprint density at radius 3 is 2.82 bits per heavy atom. The van der Waals surface area contributed by atoms with Crippen molar-refractivity contribution in [3.63, 3.8) is 0 Å². The summed E-state index contributed by atoms with van der Waals surface area (Å²) in [6, 6.07) is 10.4. The molecule has 0 amide bonds. The van der Waals surface area contributed by atoms with Gasteiger partial charge in [0.15, 0.2) is 0 Å². The van der Waals surface area contributed by atoms with E-state index in [-0.39, 0.29) is 0 Å². The lowest BCUT2D eigenvalue weighted by Crippen LogP contribution is -2.12. The highest BCUT2D eigenvalue weighted by atomic mass is 32.1. The molecule has 1 aromatic carbocycles. The number of nitrogens with zero attached hydrogens (tertiary/aromatic N) is 1. The fraction of sp³-hybridized carbons (Fsp3) is 0.231. The summed E-state index contributed by atoms with van der Waals surface area (Å²) in [5, 5.41) is 4.39. The van der Waals surface area contributed by atoms with E-state index < -0.39 is 0 Å². The zero-order valence-electron chi connectivity index (χ0n) is 9.31. The fourth-order valence-electron chi connectivity index (χ4n) is 1.89. The van der Waals surface area contributed by atoms with Gasteiger partial charge in [-0.1, -0.05) is 30.4 Å². The maximum absolute atomic E-state index is 5.77. The van der Waals surface area contributed by atoms with E-state index in [9.17, 15) is 0 Å². The molecule has 17 heavy (non-hydrogen) atoms. The molecule has 3 nitrogen and oxygen atoms in total.